The van der Waals surface area contributed by atoms with Crippen molar-refractivity contribution in [3.05, 3.63) is 77.4 Å². The third-order valence-electron chi connectivity index (χ3n) is 6.37. The van der Waals surface area contributed by atoms with E-state index >= 15 is 0 Å². The van der Waals surface area contributed by atoms with Gasteiger partial charge >= 0.3 is 0 Å². The molecule has 0 aliphatic heterocycles. The van der Waals surface area contributed by atoms with Crippen molar-refractivity contribution >= 4 is 12.2 Å². The van der Waals surface area contributed by atoms with E-state index in [1.807, 2.05) is 54.6 Å². The molecule has 0 saturated heterocycles. The predicted molar refractivity (Wildman–Crippen MR) is 151 cm³/mol. The van der Waals surface area contributed by atoms with Gasteiger partial charge in [0, 0.05) is 0 Å². The third-order valence-corrected chi connectivity index (χ3v) is 6.37. The van der Waals surface area contributed by atoms with Crippen LogP contribution in [0.5, 0.6) is 5.75 Å². The molecule has 35 heavy (non-hydrogen) atoms. The Morgan fingerprint density at radius 3 is 1.49 bits per heavy atom. The second kappa shape index (κ2) is 19.5. The molecule has 188 valence electrons. The van der Waals surface area contributed by atoms with Crippen molar-refractivity contribution in [1.29, 1.82) is 5.26 Å². The normalized spacial score (nSPS) is 11.3. The number of allylic oxidation sites excluding steroid dienone is 2. The smallest absolute Gasteiger partial charge is 0.119 e. The van der Waals surface area contributed by atoms with Crippen LogP contribution in [0.3, 0.4) is 0 Å². The van der Waals surface area contributed by atoms with Gasteiger partial charge in [0.1, 0.15) is 5.75 Å². The molecule has 0 radical (unpaired) electrons. The van der Waals surface area contributed by atoms with Crippen molar-refractivity contribution in [2.45, 2.75) is 96.8 Å². The molecule has 2 nitrogen and oxygen atoms in total. The van der Waals surface area contributed by atoms with Gasteiger partial charge in [0.2, 0.25) is 0 Å². The Labute approximate surface area is 214 Å². The molecule has 0 saturated carbocycles. The van der Waals surface area contributed by atoms with Crippen molar-refractivity contribution in [3.63, 3.8) is 0 Å². The van der Waals surface area contributed by atoms with Crippen LogP contribution in [0.2, 0.25) is 0 Å². The fourth-order valence-corrected chi connectivity index (χ4v) is 4.16. The Kier molecular flexibility index (Phi) is 15.9. The van der Waals surface area contributed by atoms with Crippen LogP contribution in [0.15, 0.2) is 60.7 Å². The molecule has 0 unspecified atom stereocenters. The zero-order chi connectivity index (χ0) is 24.8. The summed E-state index contributed by atoms with van der Waals surface area (Å²) in [5.74, 6) is 0.949. The monoisotopic (exact) mass is 471 g/mol. The average Bonchev–Trinajstić information content (AvgIpc) is 2.90. The first-order chi connectivity index (χ1) is 17.3. The van der Waals surface area contributed by atoms with Crippen molar-refractivity contribution in [1.82, 2.24) is 0 Å². The van der Waals surface area contributed by atoms with Gasteiger partial charge in [0.25, 0.3) is 0 Å². The molecular weight excluding hydrogens is 426 g/mol. The summed E-state index contributed by atoms with van der Waals surface area (Å²) in [7, 11) is 0. The number of unbranched alkanes of at least 4 members (excludes halogenated alkanes) is 13. The SMILES string of the molecule is CCCCCCCCCCCCCCCCOc1ccc(/C=C/C=C/c2ccc(C#N)cc2)cc1. The average molecular weight is 472 g/mol. The van der Waals surface area contributed by atoms with E-state index in [2.05, 4.69) is 31.2 Å². The maximum absolute atomic E-state index is 8.85. The fraction of sp³-hybridized carbons (Fsp3) is 0.485. The Hall–Kier alpha value is -2.79. The van der Waals surface area contributed by atoms with Gasteiger partial charge in [-0.15, -0.1) is 0 Å². The van der Waals surface area contributed by atoms with Gasteiger partial charge in [-0.2, -0.15) is 5.26 Å². The standard InChI is InChI=1S/C33H45NO/c1-2-3-4-5-6-7-8-9-10-11-12-13-14-17-28-35-33-26-24-31(25-27-33)19-16-15-18-30-20-22-32(29-34)23-21-30/h15-16,18-27H,2-14,17,28H2,1H3/b18-15+,19-16+. The van der Waals surface area contributed by atoms with Crippen molar-refractivity contribution < 1.29 is 4.74 Å². The molecule has 0 atom stereocenters. The Bertz CT molecular complexity index is 871. The van der Waals surface area contributed by atoms with Crippen molar-refractivity contribution in [3.8, 4) is 11.8 Å². The molecule has 0 aliphatic carbocycles. The molecule has 0 aromatic heterocycles. The second-order valence-electron chi connectivity index (χ2n) is 9.47. The minimum atomic E-state index is 0.685. The first-order valence-electron chi connectivity index (χ1n) is 13.9. The minimum Gasteiger partial charge on any atom is -0.494 e. The van der Waals surface area contributed by atoms with E-state index in [4.69, 9.17) is 10.00 Å². The number of ether oxygens (including phenoxy) is 1. The molecule has 2 heteroatoms. The van der Waals surface area contributed by atoms with E-state index in [0.29, 0.717) is 5.56 Å². The Morgan fingerprint density at radius 1 is 0.600 bits per heavy atom. The lowest BCUT2D eigenvalue weighted by atomic mass is 10.0. The number of hydrogen-bond acceptors (Lipinski definition) is 2. The highest BCUT2D eigenvalue weighted by Crippen LogP contribution is 2.16. The van der Waals surface area contributed by atoms with E-state index in [9.17, 15) is 0 Å². The number of benzene rings is 2. The molecule has 2 rings (SSSR count). The van der Waals surface area contributed by atoms with Gasteiger partial charge in [-0.25, -0.2) is 0 Å². The molecule has 0 amide bonds. The summed E-state index contributed by atoms with van der Waals surface area (Å²) in [6, 6.07) is 18.0. The number of nitriles is 1. The largest absolute Gasteiger partial charge is 0.494 e. The van der Waals surface area contributed by atoms with Crippen LogP contribution in [0.25, 0.3) is 12.2 Å². The molecule has 2 aromatic carbocycles. The van der Waals surface area contributed by atoms with E-state index in [1.54, 1.807) is 0 Å². The molecule has 0 fully saturated rings. The summed E-state index contributed by atoms with van der Waals surface area (Å²) in [5.41, 5.74) is 2.92. The maximum atomic E-state index is 8.85. The topological polar surface area (TPSA) is 33.0 Å². The summed E-state index contributed by atoms with van der Waals surface area (Å²) >= 11 is 0. The van der Waals surface area contributed by atoms with Gasteiger partial charge in [-0.1, -0.05) is 139 Å². The van der Waals surface area contributed by atoms with Crippen LogP contribution in [0, 0.1) is 11.3 Å². The summed E-state index contributed by atoms with van der Waals surface area (Å²) in [6.07, 6.45) is 27.5. The lowest BCUT2D eigenvalue weighted by molar-refractivity contribution is 0.304. The number of hydrogen-bond donors (Lipinski definition) is 0. The highest BCUT2D eigenvalue weighted by molar-refractivity contribution is 5.58. The summed E-state index contributed by atoms with van der Waals surface area (Å²) in [6.45, 7) is 3.09. The highest BCUT2D eigenvalue weighted by Gasteiger charge is 1.96. The molecule has 2 aromatic rings. The van der Waals surface area contributed by atoms with Crippen molar-refractivity contribution in [2.24, 2.45) is 0 Å². The van der Waals surface area contributed by atoms with E-state index in [1.165, 1.54) is 83.5 Å². The lowest BCUT2D eigenvalue weighted by Gasteiger charge is -2.06. The van der Waals surface area contributed by atoms with E-state index in [-0.39, 0.29) is 0 Å². The van der Waals surface area contributed by atoms with E-state index < -0.39 is 0 Å². The first kappa shape index (κ1) is 28.4. The van der Waals surface area contributed by atoms with Crippen LogP contribution < -0.4 is 4.74 Å². The Balaban J connectivity index is 1.46. The van der Waals surface area contributed by atoms with Gasteiger partial charge in [0.15, 0.2) is 0 Å². The van der Waals surface area contributed by atoms with Crippen LogP contribution in [-0.2, 0) is 0 Å². The first-order valence-corrected chi connectivity index (χ1v) is 13.9. The second-order valence-corrected chi connectivity index (χ2v) is 9.47. The van der Waals surface area contributed by atoms with Crippen LogP contribution >= 0.6 is 0 Å². The molecule has 0 N–H and O–H groups in total. The molecular formula is C33H45NO. The van der Waals surface area contributed by atoms with Gasteiger partial charge in [0.05, 0.1) is 18.2 Å². The van der Waals surface area contributed by atoms with Gasteiger partial charge < -0.3 is 4.74 Å². The highest BCUT2D eigenvalue weighted by atomic mass is 16.5. The zero-order valence-electron chi connectivity index (χ0n) is 21.9. The molecule has 0 spiro atoms. The molecule has 0 heterocycles. The van der Waals surface area contributed by atoms with Gasteiger partial charge in [-0.05, 0) is 41.8 Å². The zero-order valence-corrected chi connectivity index (χ0v) is 21.9. The van der Waals surface area contributed by atoms with Crippen molar-refractivity contribution in [2.75, 3.05) is 6.61 Å². The van der Waals surface area contributed by atoms with Crippen LogP contribution in [-0.4, -0.2) is 6.61 Å². The maximum Gasteiger partial charge on any atom is 0.119 e. The lowest BCUT2D eigenvalue weighted by Crippen LogP contribution is -1.97. The van der Waals surface area contributed by atoms with Crippen LogP contribution in [0.1, 0.15) is 114 Å². The third kappa shape index (κ3) is 14.3. The molecule has 0 bridgehead atoms. The molecule has 0 aliphatic rings. The fourth-order valence-electron chi connectivity index (χ4n) is 4.16. The minimum absolute atomic E-state index is 0.685. The Morgan fingerprint density at radius 2 is 1.03 bits per heavy atom. The summed E-state index contributed by atoms with van der Waals surface area (Å²) in [4.78, 5) is 0. The number of nitrogens with zero attached hydrogens (tertiary/aromatic N) is 1. The van der Waals surface area contributed by atoms with Gasteiger partial charge in [-0.3, -0.25) is 0 Å². The van der Waals surface area contributed by atoms with Crippen LogP contribution in [0.4, 0.5) is 0 Å². The predicted octanol–water partition coefficient (Wildman–Crippen LogP) is 10.1. The number of rotatable bonds is 19. The van der Waals surface area contributed by atoms with E-state index in [0.717, 1.165) is 29.9 Å². The summed E-state index contributed by atoms with van der Waals surface area (Å²) < 4.78 is 5.91. The summed E-state index contributed by atoms with van der Waals surface area (Å²) in [5, 5.41) is 8.85. The quantitative estimate of drug-likeness (QED) is 0.151.